The Morgan fingerprint density at radius 2 is 2.03 bits per heavy atom. The number of fused-ring (bicyclic) bond motifs is 1. The summed E-state index contributed by atoms with van der Waals surface area (Å²) < 4.78 is 52.6. The highest BCUT2D eigenvalue weighted by Gasteiger charge is 2.41. The van der Waals surface area contributed by atoms with Crippen LogP contribution in [0.15, 0.2) is 36.5 Å². The van der Waals surface area contributed by atoms with Gasteiger partial charge in [0.15, 0.2) is 0 Å². The van der Waals surface area contributed by atoms with Crippen molar-refractivity contribution >= 4 is 5.69 Å². The number of nitrogens with one attached hydrogen (secondary N) is 1. The molecule has 1 aromatic carbocycles. The van der Waals surface area contributed by atoms with Gasteiger partial charge >= 0.3 is 6.18 Å². The molecule has 5 nitrogen and oxygen atoms in total. The van der Waals surface area contributed by atoms with E-state index in [0.29, 0.717) is 18.5 Å². The van der Waals surface area contributed by atoms with Gasteiger partial charge in [0.1, 0.15) is 5.75 Å². The Kier molecular flexibility index (Phi) is 7.09. The topological polar surface area (TPSA) is 51.6 Å². The fourth-order valence-corrected chi connectivity index (χ4v) is 5.01. The molecule has 33 heavy (non-hydrogen) atoms. The standard InChI is InChI=1S/C24H30F4N4O/c1-16-11-17-12-20(33)4-5-21(17)23(32(16)15-24(26,27)28)22-6-3-18(13-29-22)30-19-7-10-31(14-19)9-2-8-25/h3-6,12-13,16,19,23,30,33H,2,7-11,14-15H2,1H3/t16-,19+,23+/m1/s1. The van der Waals surface area contributed by atoms with Crippen molar-refractivity contribution in [1.82, 2.24) is 14.8 Å². The van der Waals surface area contributed by atoms with Gasteiger partial charge in [-0.15, -0.1) is 0 Å². The molecule has 4 rings (SSSR count). The summed E-state index contributed by atoms with van der Waals surface area (Å²) in [6.45, 7) is 2.93. The number of phenols is 1. The Morgan fingerprint density at radius 1 is 1.21 bits per heavy atom. The summed E-state index contributed by atoms with van der Waals surface area (Å²) in [5.74, 6) is 0.105. The van der Waals surface area contributed by atoms with Crippen molar-refractivity contribution in [2.45, 2.75) is 50.5 Å². The minimum absolute atomic E-state index is 0.105. The summed E-state index contributed by atoms with van der Waals surface area (Å²) in [7, 11) is 0. The molecule has 1 fully saturated rings. The largest absolute Gasteiger partial charge is 0.508 e. The number of alkyl halides is 4. The highest BCUT2D eigenvalue weighted by Crippen LogP contribution is 2.40. The number of halogens is 4. The Bertz CT molecular complexity index is 937. The second kappa shape index (κ2) is 9.85. The lowest BCUT2D eigenvalue weighted by molar-refractivity contribution is -0.155. The monoisotopic (exact) mass is 466 g/mol. The fourth-order valence-electron chi connectivity index (χ4n) is 5.01. The van der Waals surface area contributed by atoms with Crippen LogP contribution in [0.2, 0.25) is 0 Å². The number of hydrogen-bond acceptors (Lipinski definition) is 5. The molecule has 1 aromatic heterocycles. The van der Waals surface area contributed by atoms with Crippen molar-refractivity contribution in [3.8, 4) is 5.75 Å². The van der Waals surface area contributed by atoms with Crippen LogP contribution in [0.4, 0.5) is 23.2 Å². The van der Waals surface area contributed by atoms with Crippen molar-refractivity contribution in [1.29, 1.82) is 0 Å². The van der Waals surface area contributed by atoms with Crippen molar-refractivity contribution in [3.63, 3.8) is 0 Å². The van der Waals surface area contributed by atoms with Gasteiger partial charge in [-0.2, -0.15) is 13.2 Å². The summed E-state index contributed by atoms with van der Waals surface area (Å²) in [5.41, 5.74) is 2.93. The zero-order valence-corrected chi connectivity index (χ0v) is 18.7. The van der Waals surface area contributed by atoms with E-state index in [-0.39, 0.29) is 24.5 Å². The molecule has 2 N–H and O–H groups in total. The third-order valence-electron chi connectivity index (χ3n) is 6.51. The number of anilines is 1. The summed E-state index contributed by atoms with van der Waals surface area (Å²) in [5, 5.41) is 13.3. The molecule has 3 atom stereocenters. The molecule has 1 saturated heterocycles. The van der Waals surface area contributed by atoms with E-state index < -0.39 is 18.8 Å². The van der Waals surface area contributed by atoms with Crippen LogP contribution in [0.5, 0.6) is 5.75 Å². The molecule has 0 amide bonds. The first-order chi connectivity index (χ1) is 15.7. The number of rotatable bonds is 7. The molecule has 0 unspecified atom stereocenters. The Hall–Kier alpha value is -2.39. The second-order valence-electron chi connectivity index (χ2n) is 9.07. The van der Waals surface area contributed by atoms with Crippen LogP contribution in [-0.4, -0.2) is 71.0 Å². The Labute approximate surface area is 191 Å². The van der Waals surface area contributed by atoms with Crippen LogP contribution >= 0.6 is 0 Å². The maximum atomic E-state index is 13.4. The summed E-state index contributed by atoms with van der Waals surface area (Å²) in [6, 6.07) is 7.70. The fraction of sp³-hybridized carbons (Fsp3) is 0.542. The molecule has 0 spiro atoms. The van der Waals surface area contributed by atoms with E-state index in [4.69, 9.17) is 0 Å². The van der Waals surface area contributed by atoms with Crippen LogP contribution in [0.3, 0.4) is 0 Å². The van der Waals surface area contributed by atoms with Crippen molar-refractivity contribution in [3.05, 3.63) is 53.3 Å². The minimum Gasteiger partial charge on any atom is -0.508 e. The smallest absolute Gasteiger partial charge is 0.401 e. The van der Waals surface area contributed by atoms with Crippen LogP contribution in [-0.2, 0) is 6.42 Å². The summed E-state index contributed by atoms with van der Waals surface area (Å²) in [4.78, 5) is 8.22. The van der Waals surface area contributed by atoms with Crippen LogP contribution in [0, 0.1) is 0 Å². The first-order valence-electron chi connectivity index (χ1n) is 11.4. The average molecular weight is 467 g/mol. The number of benzene rings is 1. The van der Waals surface area contributed by atoms with E-state index in [1.165, 1.54) is 11.0 Å². The highest BCUT2D eigenvalue weighted by atomic mass is 19.4. The number of aromatic nitrogens is 1. The van der Waals surface area contributed by atoms with Gasteiger partial charge in [-0.3, -0.25) is 14.3 Å². The van der Waals surface area contributed by atoms with E-state index in [1.54, 1.807) is 31.3 Å². The van der Waals surface area contributed by atoms with Gasteiger partial charge in [0, 0.05) is 31.7 Å². The summed E-state index contributed by atoms with van der Waals surface area (Å²) in [6.07, 6.45) is -0.749. The second-order valence-corrected chi connectivity index (χ2v) is 9.07. The highest BCUT2D eigenvalue weighted by molar-refractivity contribution is 5.46. The maximum Gasteiger partial charge on any atom is 0.401 e. The average Bonchev–Trinajstić information content (AvgIpc) is 3.20. The molecular formula is C24H30F4N4O. The number of aromatic hydroxyl groups is 1. The predicted molar refractivity (Wildman–Crippen MR) is 119 cm³/mol. The lowest BCUT2D eigenvalue weighted by atomic mass is 9.86. The first-order valence-corrected chi connectivity index (χ1v) is 11.4. The van der Waals surface area contributed by atoms with Crippen molar-refractivity contribution in [2.24, 2.45) is 0 Å². The van der Waals surface area contributed by atoms with E-state index in [2.05, 4.69) is 15.2 Å². The number of phenolic OH excluding ortho intramolecular Hbond substituents is 1. The lowest BCUT2D eigenvalue weighted by Gasteiger charge is -2.42. The normalized spacial score (nSPS) is 24.1. The van der Waals surface area contributed by atoms with Crippen molar-refractivity contribution < 1.29 is 22.7 Å². The van der Waals surface area contributed by atoms with Gasteiger partial charge in [-0.05, 0) is 61.6 Å². The quantitative estimate of drug-likeness (QED) is 0.588. The van der Waals surface area contributed by atoms with Gasteiger partial charge in [0.2, 0.25) is 0 Å². The third kappa shape index (κ3) is 5.76. The van der Waals surface area contributed by atoms with E-state index in [1.807, 2.05) is 6.07 Å². The molecule has 2 aliphatic heterocycles. The molecule has 2 aromatic rings. The van der Waals surface area contributed by atoms with Crippen molar-refractivity contribution in [2.75, 3.05) is 38.2 Å². The van der Waals surface area contributed by atoms with Crippen LogP contribution in [0.1, 0.15) is 42.6 Å². The number of pyridine rings is 1. The molecule has 0 bridgehead atoms. The first kappa shape index (κ1) is 23.8. The van der Waals surface area contributed by atoms with Gasteiger partial charge in [-0.1, -0.05) is 6.07 Å². The van der Waals surface area contributed by atoms with Gasteiger partial charge in [0.25, 0.3) is 0 Å². The van der Waals surface area contributed by atoms with Gasteiger partial charge in [0.05, 0.1) is 36.8 Å². The number of likely N-dealkylation sites (tertiary alicyclic amines) is 1. The van der Waals surface area contributed by atoms with Gasteiger partial charge < -0.3 is 15.3 Å². The molecule has 0 aliphatic carbocycles. The number of hydrogen-bond donors (Lipinski definition) is 2. The zero-order valence-electron chi connectivity index (χ0n) is 18.7. The molecule has 9 heteroatoms. The number of nitrogens with zero attached hydrogens (tertiary/aromatic N) is 3. The van der Waals surface area contributed by atoms with Crippen LogP contribution < -0.4 is 5.32 Å². The minimum atomic E-state index is -4.33. The molecule has 3 heterocycles. The molecular weight excluding hydrogens is 436 g/mol. The third-order valence-corrected chi connectivity index (χ3v) is 6.51. The molecule has 0 saturated carbocycles. The predicted octanol–water partition coefficient (Wildman–Crippen LogP) is 4.53. The lowest BCUT2D eigenvalue weighted by Crippen LogP contribution is -2.47. The van der Waals surface area contributed by atoms with E-state index in [9.17, 15) is 22.7 Å². The van der Waals surface area contributed by atoms with E-state index in [0.717, 1.165) is 42.9 Å². The zero-order chi connectivity index (χ0) is 23.6. The Balaban J connectivity index is 1.54. The molecule has 180 valence electrons. The maximum absolute atomic E-state index is 13.4. The van der Waals surface area contributed by atoms with E-state index >= 15 is 0 Å². The molecule has 2 aliphatic rings. The molecule has 0 radical (unpaired) electrons. The van der Waals surface area contributed by atoms with Crippen LogP contribution in [0.25, 0.3) is 0 Å². The SMILES string of the molecule is C[C@@H]1Cc2cc(O)ccc2[C@@H](c2ccc(N[C@H]3CCN(CCCF)C3)cn2)N1CC(F)(F)F. The Morgan fingerprint density at radius 3 is 2.73 bits per heavy atom. The summed E-state index contributed by atoms with van der Waals surface area (Å²) >= 11 is 0. The van der Waals surface area contributed by atoms with Gasteiger partial charge in [-0.25, -0.2) is 0 Å².